The Morgan fingerprint density at radius 3 is 1.32 bits per heavy atom. The van der Waals surface area contributed by atoms with Gasteiger partial charge < -0.3 is 19.4 Å². The van der Waals surface area contributed by atoms with Gasteiger partial charge in [0.25, 0.3) is 0 Å². The number of esters is 2. The number of aromatic nitrogens is 2. The van der Waals surface area contributed by atoms with Gasteiger partial charge in [0.1, 0.15) is 0 Å². The van der Waals surface area contributed by atoms with Crippen LogP contribution in [0.5, 0.6) is 0 Å². The molecule has 2 aromatic carbocycles. The summed E-state index contributed by atoms with van der Waals surface area (Å²) in [4.78, 5) is 32.6. The fourth-order valence-electron chi connectivity index (χ4n) is 3.99. The Labute approximate surface area is 198 Å². The highest BCUT2D eigenvalue weighted by Gasteiger charge is 2.29. The van der Waals surface area contributed by atoms with Gasteiger partial charge in [0.05, 0.1) is 35.7 Å². The van der Waals surface area contributed by atoms with Crippen LogP contribution in [0.2, 0.25) is 0 Å². The summed E-state index contributed by atoms with van der Waals surface area (Å²) < 4.78 is 10.8. The van der Waals surface area contributed by atoms with Crippen molar-refractivity contribution in [2.75, 3.05) is 13.2 Å². The Morgan fingerprint density at radius 1 is 0.647 bits per heavy atom. The van der Waals surface area contributed by atoms with E-state index in [2.05, 4.69) is 9.97 Å². The maximum Gasteiger partial charge on any atom is 0.341 e. The molecule has 0 unspecified atom stereocenters. The average Bonchev–Trinajstić information content (AvgIpc) is 3.45. The van der Waals surface area contributed by atoms with E-state index < -0.39 is 11.9 Å². The van der Waals surface area contributed by atoms with Crippen LogP contribution in [0.1, 0.15) is 45.7 Å². The van der Waals surface area contributed by atoms with E-state index in [4.69, 9.17) is 9.47 Å². The zero-order valence-electron chi connectivity index (χ0n) is 19.8. The van der Waals surface area contributed by atoms with Gasteiger partial charge in [-0.15, -0.1) is 0 Å². The molecule has 0 saturated heterocycles. The minimum atomic E-state index is -0.462. The molecule has 4 aromatic rings. The lowest BCUT2D eigenvalue weighted by molar-refractivity contribution is 0.0516. The van der Waals surface area contributed by atoms with E-state index in [1.165, 1.54) is 0 Å². The summed E-state index contributed by atoms with van der Waals surface area (Å²) in [6, 6.07) is 15.8. The van der Waals surface area contributed by atoms with Crippen molar-refractivity contribution in [1.29, 1.82) is 0 Å². The third-order valence-corrected chi connectivity index (χ3v) is 5.69. The maximum absolute atomic E-state index is 13.1. The van der Waals surface area contributed by atoms with Crippen molar-refractivity contribution in [1.82, 2.24) is 9.97 Å². The molecule has 174 valence electrons. The minimum Gasteiger partial charge on any atom is -0.462 e. The molecule has 0 aliphatic carbocycles. The van der Waals surface area contributed by atoms with Gasteiger partial charge in [-0.05, 0) is 38.8 Å². The first-order chi connectivity index (χ1) is 16.4. The van der Waals surface area contributed by atoms with Gasteiger partial charge in [0.2, 0.25) is 0 Å². The normalized spacial score (nSPS) is 10.8. The van der Waals surface area contributed by atoms with Gasteiger partial charge in [-0.1, -0.05) is 59.7 Å². The van der Waals surface area contributed by atoms with Crippen LogP contribution in [0.25, 0.3) is 33.6 Å². The Morgan fingerprint density at radius 2 is 1.00 bits per heavy atom. The van der Waals surface area contributed by atoms with E-state index in [1.54, 1.807) is 26.2 Å². The van der Waals surface area contributed by atoms with Crippen LogP contribution in [0.15, 0.2) is 60.9 Å². The molecular formula is C28H28N2O4. The van der Waals surface area contributed by atoms with Gasteiger partial charge in [0.15, 0.2) is 0 Å². The summed E-state index contributed by atoms with van der Waals surface area (Å²) in [5, 5.41) is 0. The smallest absolute Gasteiger partial charge is 0.341 e. The fourth-order valence-corrected chi connectivity index (χ4v) is 3.99. The number of ether oxygens (including phenoxy) is 2. The second-order valence-corrected chi connectivity index (χ2v) is 8.08. The molecule has 2 N–H and O–H groups in total. The van der Waals surface area contributed by atoms with Crippen molar-refractivity contribution in [3.05, 3.63) is 83.2 Å². The Bertz CT molecular complexity index is 1210. The molecular weight excluding hydrogens is 428 g/mol. The largest absolute Gasteiger partial charge is 0.462 e. The van der Waals surface area contributed by atoms with Crippen LogP contribution in [-0.4, -0.2) is 35.1 Å². The Kier molecular flexibility index (Phi) is 6.68. The van der Waals surface area contributed by atoms with E-state index in [0.29, 0.717) is 33.6 Å². The molecule has 0 aliphatic heterocycles. The third-order valence-electron chi connectivity index (χ3n) is 5.69. The molecule has 0 amide bonds. The number of carbonyl (C=O) groups is 2. The van der Waals surface area contributed by atoms with E-state index in [-0.39, 0.29) is 13.2 Å². The molecule has 0 atom stereocenters. The highest BCUT2D eigenvalue weighted by Crippen LogP contribution is 2.38. The fraction of sp³-hybridized carbons (Fsp3) is 0.214. The summed E-state index contributed by atoms with van der Waals surface area (Å²) in [7, 11) is 0. The first kappa shape index (κ1) is 23.1. The van der Waals surface area contributed by atoms with Crippen molar-refractivity contribution in [2.24, 2.45) is 0 Å². The lowest BCUT2D eigenvalue weighted by Crippen LogP contribution is -2.10. The molecule has 6 nitrogen and oxygen atoms in total. The van der Waals surface area contributed by atoms with E-state index in [0.717, 1.165) is 22.3 Å². The topological polar surface area (TPSA) is 84.2 Å². The number of aromatic amines is 2. The molecule has 0 aliphatic rings. The maximum atomic E-state index is 13.1. The predicted molar refractivity (Wildman–Crippen MR) is 133 cm³/mol. The number of carbonyl (C=O) groups excluding carboxylic acids is 2. The molecule has 0 spiro atoms. The molecule has 0 saturated carbocycles. The third kappa shape index (κ3) is 4.39. The highest BCUT2D eigenvalue weighted by atomic mass is 16.5. The summed E-state index contributed by atoms with van der Waals surface area (Å²) in [6.45, 7) is 8.03. The van der Waals surface area contributed by atoms with Crippen LogP contribution in [-0.2, 0) is 9.47 Å². The number of hydrogen-bond acceptors (Lipinski definition) is 4. The van der Waals surface area contributed by atoms with E-state index in [1.807, 2.05) is 62.4 Å². The van der Waals surface area contributed by atoms with Crippen LogP contribution < -0.4 is 0 Å². The molecule has 2 aromatic heterocycles. The predicted octanol–water partition coefficient (Wildman–Crippen LogP) is 6.31. The van der Waals surface area contributed by atoms with Gasteiger partial charge in [-0.3, -0.25) is 0 Å². The van der Waals surface area contributed by atoms with Crippen LogP contribution in [0, 0.1) is 13.8 Å². The number of hydrogen-bond donors (Lipinski definition) is 2. The van der Waals surface area contributed by atoms with Gasteiger partial charge in [-0.25, -0.2) is 9.59 Å². The van der Waals surface area contributed by atoms with E-state index in [9.17, 15) is 9.59 Å². The molecule has 6 heteroatoms. The molecule has 34 heavy (non-hydrogen) atoms. The number of rotatable bonds is 7. The second-order valence-electron chi connectivity index (χ2n) is 8.08. The minimum absolute atomic E-state index is 0.237. The number of aryl methyl sites for hydroxylation is 2. The van der Waals surface area contributed by atoms with Crippen LogP contribution in [0.4, 0.5) is 0 Å². The quantitative estimate of drug-likeness (QED) is 0.319. The van der Waals surface area contributed by atoms with Gasteiger partial charge in [-0.2, -0.15) is 0 Å². The average molecular weight is 457 g/mol. The Balaban J connectivity index is 1.93. The zero-order valence-corrected chi connectivity index (χ0v) is 19.8. The Hall–Kier alpha value is -4.06. The van der Waals surface area contributed by atoms with Crippen molar-refractivity contribution >= 4 is 11.9 Å². The van der Waals surface area contributed by atoms with Gasteiger partial charge in [0, 0.05) is 23.5 Å². The highest BCUT2D eigenvalue weighted by molar-refractivity contribution is 6.08. The summed E-state index contributed by atoms with van der Waals surface area (Å²) in [5.41, 5.74) is 7.10. The van der Waals surface area contributed by atoms with Crippen molar-refractivity contribution in [2.45, 2.75) is 27.7 Å². The van der Waals surface area contributed by atoms with Crippen molar-refractivity contribution in [3.63, 3.8) is 0 Å². The molecule has 0 radical (unpaired) electrons. The van der Waals surface area contributed by atoms with Gasteiger partial charge >= 0.3 is 11.9 Å². The van der Waals surface area contributed by atoms with Crippen LogP contribution >= 0.6 is 0 Å². The molecule has 0 bridgehead atoms. The van der Waals surface area contributed by atoms with Crippen molar-refractivity contribution < 1.29 is 19.1 Å². The van der Waals surface area contributed by atoms with Crippen LogP contribution in [0.3, 0.4) is 0 Å². The summed E-state index contributed by atoms with van der Waals surface area (Å²) in [6.07, 6.45) is 3.54. The lowest BCUT2D eigenvalue weighted by Gasteiger charge is -2.10. The first-order valence-electron chi connectivity index (χ1n) is 11.4. The molecule has 4 rings (SSSR count). The molecule has 0 fully saturated rings. The number of H-pyrrole nitrogens is 2. The SMILES string of the molecule is CCOC(=O)c1c(-c2ccc(C)cc2)c[nH]c1-c1[nH]cc(-c2ccc(C)cc2)c1C(=O)OCC. The standard InChI is InChI=1S/C28H28N2O4/c1-5-33-27(31)23-21(19-11-7-17(3)8-12-19)15-29-25(23)26-24(28(32)34-6-2)22(16-30-26)20-13-9-18(4)10-14-20/h7-16,29-30H,5-6H2,1-4H3. The summed E-state index contributed by atoms with van der Waals surface area (Å²) in [5.74, 6) is -0.925. The monoisotopic (exact) mass is 456 g/mol. The summed E-state index contributed by atoms with van der Waals surface area (Å²) >= 11 is 0. The number of nitrogens with one attached hydrogen (secondary N) is 2. The number of benzene rings is 2. The van der Waals surface area contributed by atoms with Crippen molar-refractivity contribution in [3.8, 4) is 33.6 Å². The lowest BCUT2D eigenvalue weighted by atomic mass is 9.97. The zero-order chi connectivity index (χ0) is 24.2. The second kappa shape index (κ2) is 9.83. The molecule has 2 heterocycles. The van der Waals surface area contributed by atoms with E-state index >= 15 is 0 Å². The first-order valence-corrected chi connectivity index (χ1v) is 11.4.